The standard InChI is InChI=1S/C25H25N5O/c1-28-23-13-6-5-12-22(23)27-24(28)19-8-7-11-21(18-19)29-14-16-30(17-15-29)25(31)26-20-9-3-2-4-10-20/h2-13,18H,14-17H2,1H3,(H,26,31). The van der Waals surface area contributed by atoms with Crippen molar-refractivity contribution in [3.63, 3.8) is 0 Å². The predicted octanol–water partition coefficient (Wildman–Crippen LogP) is 4.59. The van der Waals surface area contributed by atoms with Gasteiger partial charge in [-0.2, -0.15) is 0 Å². The van der Waals surface area contributed by atoms with Gasteiger partial charge in [-0.25, -0.2) is 9.78 Å². The molecule has 4 aromatic rings. The highest BCUT2D eigenvalue weighted by Gasteiger charge is 2.22. The molecule has 1 aromatic heterocycles. The van der Waals surface area contributed by atoms with Crippen molar-refractivity contribution in [2.75, 3.05) is 36.4 Å². The summed E-state index contributed by atoms with van der Waals surface area (Å²) in [5.41, 5.74) is 5.21. The minimum absolute atomic E-state index is 0.0423. The number of imidazole rings is 1. The first-order valence-corrected chi connectivity index (χ1v) is 10.6. The lowest BCUT2D eigenvalue weighted by atomic mass is 10.1. The number of nitrogens with zero attached hydrogens (tertiary/aromatic N) is 4. The molecular weight excluding hydrogens is 386 g/mol. The van der Waals surface area contributed by atoms with Crippen molar-refractivity contribution in [2.45, 2.75) is 0 Å². The van der Waals surface area contributed by atoms with E-state index in [4.69, 9.17) is 4.98 Å². The maximum Gasteiger partial charge on any atom is 0.321 e. The van der Waals surface area contributed by atoms with Crippen LogP contribution in [0.2, 0.25) is 0 Å². The highest BCUT2D eigenvalue weighted by molar-refractivity contribution is 5.89. The van der Waals surface area contributed by atoms with E-state index < -0.39 is 0 Å². The van der Waals surface area contributed by atoms with Crippen molar-refractivity contribution in [3.8, 4) is 11.4 Å². The third kappa shape index (κ3) is 3.84. The molecule has 0 aliphatic carbocycles. The fraction of sp³-hybridized carbons (Fsp3) is 0.200. The number of carbonyl (C=O) groups is 1. The first-order chi connectivity index (χ1) is 15.2. The van der Waals surface area contributed by atoms with Gasteiger partial charge in [0.05, 0.1) is 11.0 Å². The molecule has 2 amide bonds. The van der Waals surface area contributed by atoms with Gasteiger partial charge in [-0.1, -0.05) is 42.5 Å². The maximum atomic E-state index is 12.6. The summed E-state index contributed by atoms with van der Waals surface area (Å²) >= 11 is 0. The van der Waals surface area contributed by atoms with Gasteiger partial charge in [0.25, 0.3) is 0 Å². The second-order valence-corrected chi connectivity index (χ2v) is 7.80. The Morgan fingerprint density at radius 3 is 2.39 bits per heavy atom. The van der Waals surface area contributed by atoms with E-state index in [-0.39, 0.29) is 6.03 Å². The summed E-state index contributed by atoms with van der Waals surface area (Å²) < 4.78 is 2.14. The number of anilines is 2. The van der Waals surface area contributed by atoms with E-state index in [2.05, 4.69) is 52.2 Å². The van der Waals surface area contributed by atoms with Crippen LogP contribution in [-0.2, 0) is 7.05 Å². The third-order valence-corrected chi connectivity index (χ3v) is 5.85. The van der Waals surface area contributed by atoms with Crippen molar-refractivity contribution in [3.05, 3.63) is 78.9 Å². The fourth-order valence-electron chi connectivity index (χ4n) is 4.14. The number of nitrogens with one attached hydrogen (secondary N) is 1. The van der Waals surface area contributed by atoms with Crippen molar-refractivity contribution < 1.29 is 4.79 Å². The van der Waals surface area contributed by atoms with Crippen LogP contribution in [0.4, 0.5) is 16.2 Å². The van der Waals surface area contributed by atoms with Crippen LogP contribution in [0.25, 0.3) is 22.4 Å². The Kier molecular flexibility index (Phi) is 5.04. The van der Waals surface area contributed by atoms with Crippen LogP contribution in [-0.4, -0.2) is 46.7 Å². The zero-order valence-electron chi connectivity index (χ0n) is 17.5. The third-order valence-electron chi connectivity index (χ3n) is 5.85. The number of fused-ring (bicyclic) bond motifs is 1. The molecule has 0 bridgehead atoms. The monoisotopic (exact) mass is 411 g/mol. The van der Waals surface area contributed by atoms with Crippen molar-refractivity contribution in [1.29, 1.82) is 0 Å². The Hall–Kier alpha value is -3.80. The first-order valence-electron chi connectivity index (χ1n) is 10.6. The van der Waals surface area contributed by atoms with Gasteiger partial charge >= 0.3 is 6.03 Å². The molecule has 1 saturated heterocycles. The van der Waals surface area contributed by atoms with Crippen LogP contribution in [0.1, 0.15) is 0 Å². The Balaban J connectivity index is 1.29. The van der Waals surface area contributed by atoms with Crippen LogP contribution in [0.15, 0.2) is 78.9 Å². The highest BCUT2D eigenvalue weighted by Crippen LogP contribution is 2.27. The quantitative estimate of drug-likeness (QED) is 0.536. The number of urea groups is 1. The second kappa shape index (κ2) is 8.14. The van der Waals surface area contributed by atoms with Gasteiger partial charge in [0.15, 0.2) is 0 Å². The smallest absolute Gasteiger partial charge is 0.321 e. The van der Waals surface area contributed by atoms with Crippen LogP contribution in [0, 0.1) is 0 Å². The highest BCUT2D eigenvalue weighted by atomic mass is 16.2. The summed E-state index contributed by atoms with van der Waals surface area (Å²) in [6, 6.07) is 26.3. The van der Waals surface area contributed by atoms with E-state index in [1.165, 1.54) is 0 Å². The number of aromatic nitrogens is 2. The van der Waals surface area contributed by atoms with Gasteiger partial charge in [0.1, 0.15) is 5.82 Å². The van der Waals surface area contributed by atoms with Crippen molar-refractivity contribution >= 4 is 28.4 Å². The lowest BCUT2D eigenvalue weighted by molar-refractivity contribution is 0.208. The molecule has 156 valence electrons. The van der Waals surface area contributed by atoms with Gasteiger partial charge in [-0.3, -0.25) is 0 Å². The molecule has 0 unspecified atom stereocenters. The van der Waals surface area contributed by atoms with E-state index in [9.17, 15) is 4.79 Å². The molecule has 3 aromatic carbocycles. The number of piperazine rings is 1. The number of hydrogen-bond acceptors (Lipinski definition) is 3. The second-order valence-electron chi connectivity index (χ2n) is 7.80. The molecule has 1 fully saturated rings. The number of aryl methyl sites for hydroxylation is 1. The van der Waals surface area contributed by atoms with Crippen LogP contribution in [0.3, 0.4) is 0 Å². The molecule has 5 rings (SSSR count). The van der Waals surface area contributed by atoms with E-state index in [1.807, 2.05) is 53.4 Å². The van der Waals surface area contributed by atoms with Crippen LogP contribution in [0.5, 0.6) is 0 Å². The number of rotatable bonds is 3. The van der Waals surface area contributed by atoms with Gasteiger partial charge in [0, 0.05) is 50.2 Å². The summed E-state index contributed by atoms with van der Waals surface area (Å²) in [7, 11) is 2.06. The number of amides is 2. The van der Waals surface area contributed by atoms with Crippen molar-refractivity contribution in [1.82, 2.24) is 14.5 Å². The lowest BCUT2D eigenvalue weighted by Gasteiger charge is -2.36. The molecule has 2 heterocycles. The average molecular weight is 412 g/mol. The lowest BCUT2D eigenvalue weighted by Crippen LogP contribution is -2.50. The summed E-state index contributed by atoms with van der Waals surface area (Å²) in [6.45, 7) is 2.98. The molecule has 6 heteroatoms. The van der Waals surface area contributed by atoms with E-state index in [0.717, 1.165) is 46.9 Å². The van der Waals surface area contributed by atoms with E-state index in [0.29, 0.717) is 13.1 Å². The summed E-state index contributed by atoms with van der Waals surface area (Å²) in [5.74, 6) is 0.962. The van der Waals surface area contributed by atoms with Gasteiger partial charge in [0.2, 0.25) is 0 Å². The molecule has 1 aliphatic heterocycles. The van der Waals surface area contributed by atoms with Crippen LogP contribution < -0.4 is 10.2 Å². The molecule has 0 atom stereocenters. The molecule has 1 aliphatic rings. The average Bonchev–Trinajstić information content (AvgIpc) is 3.17. The molecule has 0 saturated carbocycles. The number of carbonyl (C=O) groups excluding carboxylic acids is 1. The maximum absolute atomic E-state index is 12.6. The Bertz CT molecular complexity index is 1210. The summed E-state index contributed by atoms with van der Waals surface area (Å²) in [6.07, 6.45) is 0. The van der Waals surface area contributed by atoms with E-state index >= 15 is 0 Å². The van der Waals surface area contributed by atoms with Gasteiger partial charge < -0.3 is 19.7 Å². The molecular formula is C25H25N5O. The number of hydrogen-bond donors (Lipinski definition) is 1. The summed E-state index contributed by atoms with van der Waals surface area (Å²) in [5, 5.41) is 2.97. The Labute approximate surface area is 181 Å². The SMILES string of the molecule is Cn1c(-c2cccc(N3CCN(C(=O)Nc4ccccc4)CC3)c2)nc2ccccc21. The molecule has 31 heavy (non-hydrogen) atoms. The number of para-hydroxylation sites is 3. The summed E-state index contributed by atoms with van der Waals surface area (Å²) in [4.78, 5) is 21.6. The van der Waals surface area contributed by atoms with Crippen molar-refractivity contribution in [2.24, 2.45) is 7.05 Å². The topological polar surface area (TPSA) is 53.4 Å². The molecule has 0 radical (unpaired) electrons. The van der Waals surface area contributed by atoms with E-state index in [1.54, 1.807) is 0 Å². The first kappa shape index (κ1) is 19.2. The van der Waals surface area contributed by atoms with Crippen LogP contribution >= 0.6 is 0 Å². The van der Waals surface area contributed by atoms with Gasteiger partial charge in [-0.05, 0) is 36.4 Å². The molecule has 1 N–H and O–H groups in total. The Morgan fingerprint density at radius 1 is 0.871 bits per heavy atom. The predicted molar refractivity (Wildman–Crippen MR) is 125 cm³/mol. The zero-order chi connectivity index (χ0) is 21.2. The zero-order valence-corrected chi connectivity index (χ0v) is 17.5. The largest absolute Gasteiger partial charge is 0.368 e. The number of benzene rings is 3. The minimum atomic E-state index is -0.0423. The minimum Gasteiger partial charge on any atom is -0.368 e. The molecule has 6 nitrogen and oxygen atoms in total. The normalized spacial score (nSPS) is 14.1. The molecule has 0 spiro atoms. The fourth-order valence-corrected chi connectivity index (χ4v) is 4.14. The Morgan fingerprint density at radius 2 is 1.61 bits per heavy atom. The van der Waals surface area contributed by atoms with Gasteiger partial charge in [-0.15, -0.1) is 0 Å².